The van der Waals surface area contributed by atoms with Crippen LogP contribution in [0.1, 0.15) is 25.8 Å². The summed E-state index contributed by atoms with van der Waals surface area (Å²) in [4.78, 5) is 6.30. The Hall–Kier alpha value is -1.78. The molecule has 4 heteroatoms. The average molecular weight is 313 g/mol. The Kier molecular flexibility index (Phi) is 4.46. The van der Waals surface area contributed by atoms with Crippen LogP contribution in [-0.4, -0.2) is 29.0 Å². The predicted octanol–water partition coefficient (Wildman–Crippen LogP) is 3.45. The molecular formula is C19H24FN3. The average Bonchev–Trinajstić information content (AvgIpc) is 2.53. The lowest BCUT2D eigenvalue weighted by Gasteiger charge is -2.42. The third-order valence-corrected chi connectivity index (χ3v) is 4.85. The summed E-state index contributed by atoms with van der Waals surface area (Å²) in [5.41, 5.74) is 8.86. The van der Waals surface area contributed by atoms with Crippen molar-refractivity contribution in [3.63, 3.8) is 0 Å². The van der Waals surface area contributed by atoms with Crippen molar-refractivity contribution in [2.75, 3.05) is 13.1 Å². The fourth-order valence-corrected chi connectivity index (χ4v) is 3.26. The van der Waals surface area contributed by atoms with Crippen LogP contribution in [0.4, 0.5) is 4.39 Å². The number of halogens is 1. The fraction of sp³-hybridized carbons (Fsp3) is 0.421. The first-order chi connectivity index (χ1) is 11.0. The first-order valence-corrected chi connectivity index (χ1v) is 8.12. The maximum atomic E-state index is 14.5. The zero-order valence-electron chi connectivity index (χ0n) is 13.8. The molecule has 1 unspecified atom stereocenters. The van der Waals surface area contributed by atoms with Gasteiger partial charge in [-0.3, -0.25) is 9.88 Å². The van der Waals surface area contributed by atoms with Crippen molar-refractivity contribution in [3.05, 3.63) is 54.1 Å². The molecule has 0 saturated carbocycles. The molecule has 1 aliphatic heterocycles. The number of benzene rings is 1. The van der Waals surface area contributed by atoms with Crippen molar-refractivity contribution in [1.82, 2.24) is 9.88 Å². The second-order valence-electron chi connectivity index (χ2n) is 7.14. The highest BCUT2D eigenvalue weighted by Gasteiger charge is 2.33. The summed E-state index contributed by atoms with van der Waals surface area (Å²) in [7, 11) is 0. The Morgan fingerprint density at radius 1 is 1.22 bits per heavy atom. The molecule has 122 valence electrons. The maximum Gasteiger partial charge on any atom is 0.128 e. The van der Waals surface area contributed by atoms with Gasteiger partial charge in [0.25, 0.3) is 0 Å². The number of nitrogens with zero attached hydrogens (tertiary/aromatic N) is 2. The summed E-state index contributed by atoms with van der Waals surface area (Å²) >= 11 is 0. The van der Waals surface area contributed by atoms with E-state index in [0.717, 1.165) is 36.2 Å². The SMILES string of the molecule is CC1(C)CN(Cc2ccc(-c3ccncc3)cc2F)CCC1N. The number of nitrogens with two attached hydrogens (primary N) is 1. The van der Waals surface area contributed by atoms with Crippen LogP contribution < -0.4 is 5.73 Å². The van der Waals surface area contributed by atoms with Gasteiger partial charge in [0.05, 0.1) is 0 Å². The van der Waals surface area contributed by atoms with E-state index in [4.69, 9.17) is 5.73 Å². The van der Waals surface area contributed by atoms with E-state index in [0.29, 0.717) is 6.54 Å². The van der Waals surface area contributed by atoms with Gasteiger partial charge in [-0.2, -0.15) is 0 Å². The Morgan fingerprint density at radius 3 is 2.61 bits per heavy atom. The molecule has 1 aromatic heterocycles. The molecule has 1 saturated heterocycles. The van der Waals surface area contributed by atoms with Crippen LogP contribution in [0.3, 0.4) is 0 Å². The summed E-state index contributed by atoms with van der Waals surface area (Å²) in [6.45, 7) is 6.84. The van der Waals surface area contributed by atoms with Crippen molar-refractivity contribution >= 4 is 0 Å². The molecule has 2 N–H and O–H groups in total. The van der Waals surface area contributed by atoms with Crippen LogP contribution in [0.2, 0.25) is 0 Å². The second-order valence-corrected chi connectivity index (χ2v) is 7.14. The van der Waals surface area contributed by atoms with E-state index in [-0.39, 0.29) is 17.3 Å². The largest absolute Gasteiger partial charge is 0.327 e. The molecular weight excluding hydrogens is 289 g/mol. The highest BCUT2D eigenvalue weighted by atomic mass is 19.1. The maximum absolute atomic E-state index is 14.5. The molecule has 0 bridgehead atoms. The van der Waals surface area contributed by atoms with Gasteiger partial charge in [0.15, 0.2) is 0 Å². The van der Waals surface area contributed by atoms with Crippen LogP contribution in [0.25, 0.3) is 11.1 Å². The summed E-state index contributed by atoms with van der Waals surface area (Å²) in [5, 5.41) is 0. The standard InChI is InChI=1S/C19H24FN3/c1-19(2)13-23(10-7-18(19)21)12-16-4-3-15(11-17(16)20)14-5-8-22-9-6-14/h3-6,8-9,11,18H,7,10,12-13,21H2,1-2H3. The number of hydrogen-bond donors (Lipinski definition) is 1. The van der Waals surface area contributed by atoms with E-state index < -0.39 is 0 Å². The van der Waals surface area contributed by atoms with Gasteiger partial charge >= 0.3 is 0 Å². The van der Waals surface area contributed by atoms with Crippen LogP contribution in [0, 0.1) is 11.2 Å². The molecule has 3 nitrogen and oxygen atoms in total. The molecule has 1 aromatic carbocycles. The summed E-state index contributed by atoms with van der Waals surface area (Å²) in [6, 6.07) is 9.50. The normalized spacial score (nSPS) is 21.3. The van der Waals surface area contributed by atoms with Gasteiger partial charge < -0.3 is 5.73 Å². The minimum absolute atomic E-state index is 0.0751. The Labute approximate surface area is 137 Å². The monoisotopic (exact) mass is 313 g/mol. The molecule has 0 aliphatic carbocycles. The number of aromatic nitrogens is 1. The van der Waals surface area contributed by atoms with Gasteiger partial charge in [0.2, 0.25) is 0 Å². The van der Waals surface area contributed by atoms with Crippen LogP contribution in [-0.2, 0) is 6.54 Å². The van der Waals surface area contributed by atoms with Gasteiger partial charge in [-0.25, -0.2) is 4.39 Å². The zero-order valence-corrected chi connectivity index (χ0v) is 13.8. The number of piperidine rings is 1. The van der Waals surface area contributed by atoms with E-state index >= 15 is 0 Å². The fourth-order valence-electron chi connectivity index (χ4n) is 3.26. The summed E-state index contributed by atoms with van der Waals surface area (Å²) in [6.07, 6.45) is 4.41. The third kappa shape index (κ3) is 3.59. The van der Waals surface area contributed by atoms with Crippen LogP contribution in [0.5, 0.6) is 0 Å². The van der Waals surface area contributed by atoms with E-state index in [1.54, 1.807) is 18.5 Å². The lowest BCUT2D eigenvalue weighted by molar-refractivity contribution is 0.0890. The van der Waals surface area contributed by atoms with Crippen LogP contribution in [0.15, 0.2) is 42.7 Å². The molecule has 0 spiro atoms. The highest BCUT2D eigenvalue weighted by Crippen LogP contribution is 2.29. The molecule has 0 amide bonds. The van der Waals surface area contributed by atoms with Crippen molar-refractivity contribution in [2.45, 2.75) is 32.9 Å². The quantitative estimate of drug-likeness (QED) is 0.944. The lowest BCUT2D eigenvalue weighted by Crippen LogP contribution is -2.52. The number of likely N-dealkylation sites (tertiary alicyclic amines) is 1. The minimum Gasteiger partial charge on any atom is -0.327 e. The lowest BCUT2D eigenvalue weighted by atomic mass is 9.79. The molecule has 1 aliphatic rings. The Balaban J connectivity index is 1.74. The first kappa shape index (κ1) is 16.1. The number of rotatable bonds is 3. The van der Waals surface area contributed by atoms with Gasteiger partial charge in [0, 0.05) is 43.6 Å². The van der Waals surface area contributed by atoms with Crippen molar-refractivity contribution in [3.8, 4) is 11.1 Å². The Bertz CT molecular complexity index is 670. The molecule has 23 heavy (non-hydrogen) atoms. The topological polar surface area (TPSA) is 42.2 Å². The number of pyridine rings is 1. The van der Waals surface area contributed by atoms with Crippen LogP contribution >= 0.6 is 0 Å². The van der Waals surface area contributed by atoms with E-state index in [2.05, 4.69) is 23.7 Å². The predicted molar refractivity (Wildman–Crippen MR) is 91.3 cm³/mol. The third-order valence-electron chi connectivity index (χ3n) is 4.85. The second kappa shape index (κ2) is 6.38. The minimum atomic E-state index is -0.146. The van der Waals surface area contributed by atoms with E-state index in [9.17, 15) is 4.39 Å². The van der Waals surface area contributed by atoms with Crippen molar-refractivity contribution in [1.29, 1.82) is 0 Å². The van der Waals surface area contributed by atoms with Crippen molar-refractivity contribution < 1.29 is 4.39 Å². The van der Waals surface area contributed by atoms with Gasteiger partial charge in [0.1, 0.15) is 5.82 Å². The van der Waals surface area contributed by atoms with Gasteiger partial charge in [-0.15, -0.1) is 0 Å². The van der Waals surface area contributed by atoms with Gasteiger partial charge in [-0.1, -0.05) is 26.0 Å². The first-order valence-electron chi connectivity index (χ1n) is 8.12. The van der Waals surface area contributed by atoms with Gasteiger partial charge in [-0.05, 0) is 41.2 Å². The number of hydrogen-bond acceptors (Lipinski definition) is 3. The summed E-state index contributed by atoms with van der Waals surface area (Å²) < 4.78 is 14.5. The van der Waals surface area contributed by atoms with E-state index in [1.807, 2.05) is 24.3 Å². The Morgan fingerprint density at radius 2 is 1.96 bits per heavy atom. The van der Waals surface area contributed by atoms with Crippen molar-refractivity contribution in [2.24, 2.45) is 11.1 Å². The summed E-state index contributed by atoms with van der Waals surface area (Å²) in [5.74, 6) is -0.146. The molecule has 0 radical (unpaired) electrons. The molecule has 1 atom stereocenters. The molecule has 1 fully saturated rings. The zero-order chi connectivity index (χ0) is 16.4. The molecule has 2 aromatic rings. The smallest absolute Gasteiger partial charge is 0.128 e. The van der Waals surface area contributed by atoms with E-state index in [1.165, 1.54) is 0 Å². The molecule has 2 heterocycles. The highest BCUT2D eigenvalue weighted by molar-refractivity contribution is 5.63. The molecule has 3 rings (SSSR count).